The van der Waals surface area contributed by atoms with E-state index in [1.807, 2.05) is 69.3 Å². The first kappa shape index (κ1) is 24.1. The van der Waals surface area contributed by atoms with E-state index in [4.69, 9.17) is 9.47 Å². The number of hydrogen-bond acceptors (Lipinski definition) is 4. The van der Waals surface area contributed by atoms with Crippen LogP contribution in [0.25, 0.3) is 6.08 Å². The number of amides is 1. The van der Waals surface area contributed by atoms with Crippen molar-refractivity contribution in [3.05, 3.63) is 93.0 Å². The monoisotopic (exact) mass is 504 g/mol. The SMILES string of the molecule is CCOc1cc(/C=C(/C#N)C(=O)Nc2cccc(C)c2C)ccc1OCc1ccc(Br)cc1. The number of hydrogen-bond donors (Lipinski definition) is 1. The summed E-state index contributed by atoms with van der Waals surface area (Å²) in [4.78, 5) is 12.7. The van der Waals surface area contributed by atoms with Crippen LogP contribution in [0, 0.1) is 25.2 Å². The predicted octanol–water partition coefficient (Wildman–Crippen LogP) is 6.59. The molecule has 0 saturated heterocycles. The Morgan fingerprint density at radius 3 is 2.52 bits per heavy atom. The third kappa shape index (κ3) is 6.47. The van der Waals surface area contributed by atoms with Crippen molar-refractivity contribution in [2.75, 3.05) is 11.9 Å². The van der Waals surface area contributed by atoms with Gasteiger partial charge in [-0.2, -0.15) is 5.26 Å². The molecule has 0 atom stereocenters. The van der Waals surface area contributed by atoms with E-state index in [0.717, 1.165) is 21.2 Å². The van der Waals surface area contributed by atoms with Crippen molar-refractivity contribution < 1.29 is 14.3 Å². The van der Waals surface area contributed by atoms with Crippen LogP contribution in [0.3, 0.4) is 0 Å². The summed E-state index contributed by atoms with van der Waals surface area (Å²) in [7, 11) is 0. The van der Waals surface area contributed by atoms with Crippen molar-refractivity contribution in [2.45, 2.75) is 27.4 Å². The summed E-state index contributed by atoms with van der Waals surface area (Å²) in [6.45, 7) is 6.65. The zero-order valence-electron chi connectivity index (χ0n) is 18.8. The Morgan fingerprint density at radius 1 is 1.06 bits per heavy atom. The molecule has 1 N–H and O–H groups in total. The fourth-order valence-corrected chi connectivity index (χ4v) is 3.40. The molecule has 1 amide bonds. The number of nitrogens with zero attached hydrogens (tertiary/aromatic N) is 1. The molecule has 3 aromatic rings. The van der Waals surface area contributed by atoms with Gasteiger partial charge in [-0.15, -0.1) is 0 Å². The molecule has 0 unspecified atom stereocenters. The summed E-state index contributed by atoms with van der Waals surface area (Å²) in [6.07, 6.45) is 1.54. The van der Waals surface area contributed by atoms with Gasteiger partial charge in [-0.1, -0.05) is 46.3 Å². The van der Waals surface area contributed by atoms with Crippen molar-refractivity contribution in [1.82, 2.24) is 0 Å². The van der Waals surface area contributed by atoms with Gasteiger partial charge in [0.2, 0.25) is 0 Å². The Kier molecular flexibility index (Phi) is 8.28. The molecule has 3 rings (SSSR count). The van der Waals surface area contributed by atoms with Crippen molar-refractivity contribution >= 4 is 33.6 Å². The molecule has 0 aliphatic rings. The average Bonchev–Trinajstić information content (AvgIpc) is 2.81. The van der Waals surface area contributed by atoms with Crippen LogP contribution in [0.4, 0.5) is 5.69 Å². The zero-order valence-corrected chi connectivity index (χ0v) is 20.4. The highest BCUT2D eigenvalue weighted by Crippen LogP contribution is 2.30. The summed E-state index contributed by atoms with van der Waals surface area (Å²) < 4.78 is 12.7. The highest BCUT2D eigenvalue weighted by atomic mass is 79.9. The van der Waals surface area contributed by atoms with E-state index in [1.54, 1.807) is 24.3 Å². The lowest BCUT2D eigenvalue weighted by Gasteiger charge is -2.13. The highest BCUT2D eigenvalue weighted by molar-refractivity contribution is 9.10. The minimum atomic E-state index is -0.459. The molecule has 5 nitrogen and oxygen atoms in total. The second-order valence-corrected chi connectivity index (χ2v) is 8.34. The Labute approximate surface area is 202 Å². The third-order valence-corrected chi connectivity index (χ3v) is 5.63. The molecular formula is C27H25BrN2O3. The van der Waals surface area contributed by atoms with Crippen LogP contribution in [0.15, 0.2) is 70.7 Å². The molecule has 3 aromatic carbocycles. The fourth-order valence-electron chi connectivity index (χ4n) is 3.14. The van der Waals surface area contributed by atoms with Gasteiger partial charge in [0, 0.05) is 10.2 Å². The molecular weight excluding hydrogens is 480 g/mol. The van der Waals surface area contributed by atoms with E-state index in [2.05, 4.69) is 21.2 Å². The summed E-state index contributed by atoms with van der Waals surface area (Å²) in [5.74, 6) is 0.686. The lowest BCUT2D eigenvalue weighted by Crippen LogP contribution is -2.14. The number of aryl methyl sites for hydroxylation is 1. The standard InChI is InChI=1S/C27H25BrN2O3/c1-4-32-26-15-21(10-13-25(26)33-17-20-8-11-23(28)12-9-20)14-22(16-29)27(31)30-24-7-5-6-18(2)19(24)3/h5-15H,4,17H2,1-3H3,(H,30,31)/b22-14-. The number of ether oxygens (including phenoxy) is 2. The van der Waals surface area contributed by atoms with Crippen molar-refractivity contribution in [1.29, 1.82) is 5.26 Å². The van der Waals surface area contributed by atoms with Gasteiger partial charge in [0.1, 0.15) is 18.2 Å². The molecule has 0 saturated carbocycles. The van der Waals surface area contributed by atoms with Gasteiger partial charge >= 0.3 is 0 Å². The summed E-state index contributed by atoms with van der Waals surface area (Å²) in [5.41, 5.74) is 4.42. The summed E-state index contributed by atoms with van der Waals surface area (Å²) in [5, 5.41) is 12.4. The van der Waals surface area contributed by atoms with Gasteiger partial charge in [0.15, 0.2) is 11.5 Å². The maximum absolute atomic E-state index is 12.7. The average molecular weight is 505 g/mol. The van der Waals surface area contributed by atoms with Crippen LogP contribution in [0.1, 0.15) is 29.2 Å². The smallest absolute Gasteiger partial charge is 0.266 e. The minimum absolute atomic E-state index is 0.00175. The number of nitrogens with one attached hydrogen (secondary N) is 1. The van der Waals surface area contributed by atoms with Crippen LogP contribution in [-0.4, -0.2) is 12.5 Å². The highest BCUT2D eigenvalue weighted by Gasteiger charge is 2.13. The summed E-state index contributed by atoms with van der Waals surface area (Å²) in [6, 6.07) is 20.9. The summed E-state index contributed by atoms with van der Waals surface area (Å²) >= 11 is 3.42. The van der Waals surface area contributed by atoms with Crippen molar-refractivity contribution in [3.8, 4) is 17.6 Å². The minimum Gasteiger partial charge on any atom is -0.490 e. The van der Waals surface area contributed by atoms with Gasteiger partial charge < -0.3 is 14.8 Å². The van der Waals surface area contributed by atoms with Gasteiger partial charge in [-0.05, 0) is 79.4 Å². The molecule has 0 fully saturated rings. The molecule has 6 heteroatoms. The van der Waals surface area contributed by atoms with Crippen LogP contribution < -0.4 is 14.8 Å². The molecule has 0 heterocycles. The molecule has 0 aliphatic heterocycles. The Hall–Kier alpha value is -3.56. The van der Waals surface area contributed by atoms with Crippen LogP contribution in [0.2, 0.25) is 0 Å². The number of nitriles is 1. The Bertz CT molecular complexity index is 1210. The van der Waals surface area contributed by atoms with E-state index in [1.165, 1.54) is 0 Å². The number of carbonyl (C=O) groups excluding carboxylic acids is 1. The van der Waals surface area contributed by atoms with Crippen LogP contribution in [0.5, 0.6) is 11.5 Å². The maximum atomic E-state index is 12.7. The van der Waals surface area contributed by atoms with E-state index < -0.39 is 5.91 Å². The number of benzene rings is 3. The second kappa shape index (κ2) is 11.3. The normalized spacial score (nSPS) is 10.9. The van der Waals surface area contributed by atoms with Crippen molar-refractivity contribution in [2.24, 2.45) is 0 Å². The van der Waals surface area contributed by atoms with Gasteiger partial charge in [0.25, 0.3) is 5.91 Å². The lowest BCUT2D eigenvalue weighted by atomic mass is 10.1. The second-order valence-electron chi connectivity index (χ2n) is 7.43. The lowest BCUT2D eigenvalue weighted by molar-refractivity contribution is -0.112. The van der Waals surface area contributed by atoms with Crippen LogP contribution in [-0.2, 0) is 11.4 Å². The predicted molar refractivity (Wildman–Crippen MR) is 134 cm³/mol. The molecule has 0 aliphatic carbocycles. The molecule has 0 radical (unpaired) electrons. The first-order chi connectivity index (χ1) is 15.9. The Morgan fingerprint density at radius 2 is 1.82 bits per heavy atom. The first-order valence-corrected chi connectivity index (χ1v) is 11.3. The third-order valence-electron chi connectivity index (χ3n) is 5.10. The zero-order chi connectivity index (χ0) is 23.8. The largest absolute Gasteiger partial charge is 0.490 e. The quantitative estimate of drug-likeness (QED) is 0.277. The van der Waals surface area contributed by atoms with Crippen LogP contribution >= 0.6 is 15.9 Å². The number of anilines is 1. The van der Waals surface area contributed by atoms with E-state index in [9.17, 15) is 10.1 Å². The van der Waals surface area contributed by atoms with E-state index in [0.29, 0.717) is 36.0 Å². The number of rotatable bonds is 8. The van der Waals surface area contributed by atoms with Gasteiger partial charge in [0.05, 0.1) is 6.61 Å². The van der Waals surface area contributed by atoms with E-state index >= 15 is 0 Å². The maximum Gasteiger partial charge on any atom is 0.266 e. The molecule has 0 spiro atoms. The first-order valence-electron chi connectivity index (χ1n) is 10.5. The molecule has 33 heavy (non-hydrogen) atoms. The molecule has 0 bridgehead atoms. The topological polar surface area (TPSA) is 71.3 Å². The van der Waals surface area contributed by atoms with E-state index in [-0.39, 0.29) is 5.57 Å². The van der Waals surface area contributed by atoms with Crippen molar-refractivity contribution in [3.63, 3.8) is 0 Å². The fraction of sp³-hybridized carbons (Fsp3) is 0.185. The van der Waals surface area contributed by atoms with Gasteiger partial charge in [-0.25, -0.2) is 0 Å². The molecule has 0 aromatic heterocycles. The number of carbonyl (C=O) groups is 1. The number of halogens is 1. The Balaban J connectivity index is 1.79. The van der Waals surface area contributed by atoms with Gasteiger partial charge in [-0.3, -0.25) is 4.79 Å². The molecule has 168 valence electrons.